The molecular weight excluding hydrogens is 589 g/mol. The Bertz CT molecular complexity index is 1320. The van der Waals surface area contributed by atoms with Gasteiger partial charge in [-0.1, -0.05) is 30.7 Å². The number of ether oxygens (including phenoxy) is 2. The number of anilines is 1. The second-order valence-electron chi connectivity index (χ2n) is 11.9. The molecule has 5 unspecified atom stereocenters. The van der Waals surface area contributed by atoms with Crippen molar-refractivity contribution in [3.8, 4) is 5.75 Å². The van der Waals surface area contributed by atoms with Gasteiger partial charge in [0.25, 0.3) is 5.91 Å². The Labute approximate surface area is 263 Å². The Morgan fingerprint density at radius 3 is 2.65 bits per heavy atom. The van der Waals surface area contributed by atoms with Crippen LogP contribution in [0, 0.1) is 5.92 Å². The maximum Gasteiger partial charge on any atom is 0.263 e. The van der Waals surface area contributed by atoms with Crippen LogP contribution in [0.1, 0.15) is 66.9 Å². The topological polar surface area (TPSA) is 71.1 Å². The predicted octanol–water partition coefficient (Wildman–Crippen LogP) is 6.29. The van der Waals surface area contributed by atoms with Crippen LogP contribution < -0.4 is 14.4 Å². The van der Waals surface area contributed by atoms with Crippen LogP contribution in [0.3, 0.4) is 0 Å². The first-order valence-corrected chi connectivity index (χ1v) is 16.7. The lowest BCUT2D eigenvalue weighted by atomic mass is 9.83. The van der Waals surface area contributed by atoms with Gasteiger partial charge in [0.2, 0.25) is 0 Å². The average molecular weight is 634 g/mol. The van der Waals surface area contributed by atoms with Gasteiger partial charge in [-0.25, -0.2) is 8.60 Å². The van der Waals surface area contributed by atoms with Gasteiger partial charge in [-0.15, -0.1) is 0 Å². The monoisotopic (exact) mass is 633 g/mol. The number of carbonyl (C=O) groups excluding carboxylic acids is 1. The number of carbonyl (C=O) groups is 1. The number of aryl methyl sites for hydroxylation is 1. The molecule has 5 atom stereocenters. The SMILES string of the molecule is COCC(/C(F)=C/CC(C)C(C)S(=O)NC(=O)c1ccc(OCC2CCCc3cc(Cl)ccc32)c(N(C)C)c1)N1CCC1. The molecule has 236 valence electrons. The number of nitrogens with one attached hydrogen (secondary N) is 1. The summed E-state index contributed by atoms with van der Waals surface area (Å²) in [6.45, 7) is 6.30. The standard InChI is InChI=1S/C33H45ClFN3O4S/c1-22(10-14-29(35)31(21-41-5)38-16-7-17-38)23(2)43(40)36-33(39)25-11-15-32(30(19-25)37(3)4)42-20-26-9-6-8-24-18-27(34)12-13-28(24)26/h11-15,18-19,22-23,26,31H,6-10,16-17,20-21H2,1-5H3,(H,36,39)/b29-14-. The molecule has 0 bridgehead atoms. The zero-order valence-corrected chi connectivity index (χ0v) is 27.5. The van der Waals surface area contributed by atoms with Crippen molar-refractivity contribution in [1.29, 1.82) is 0 Å². The van der Waals surface area contributed by atoms with Crippen LogP contribution in [0.25, 0.3) is 0 Å². The van der Waals surface area contributed by atoms with Crippen molar-refractivity contribution in [2.24, 2.45) is 5.92 Å². The smallest absolute Gasteiger partial charge is 0.263 e. The van der Waals surface area contributed by atoms with Crippen LogP contribution >= 0.6 is 11.6 Å². The van der Waals surface area contributed by atoms with E-state index >= 15 is 0 Å². The largest absolute Gasteiger partial charge is 0.491 e. The van der Waals surface area contributed by atoms with E-state index in [1.807, 2.05) is 38.9 Å². The quantitative estimate of drug-likeness (QED) is 0.264. The molecule has 10 heteroatoms. The van der Waals surface area contributed by atoms with Gasteiger partial charge >= 0.3 is 0 Å². The summed E-state index contributed by atoms with van der Waals surface area (Å²) >= 11 is 6.21. The number of amides is 1. The molecule has 7 nitrogen and oxygen atoms in total. The third kappa shape index (κ3) is 8.59. The van der Waals surface area contributed by atoms with Crippen molar-refractivity contribution in [2.45, 2.75) is 63.2 Å². The molecule has 4 rings (SSSR count). The third-order valence-electron chi connectivity index (χ3n) is 8.68. The van der Waals surface area contributed by atoms with Gasteiger partial charge in [-0.05, 0) is 86.4 Å². The lowest BCUT2D eigenvalue weighted by Gasteiger charge is -2.37. The van der Waals surface area contributed by atoms with Crippen LogP contribution in [-0.2, 0) is 22.1 Å². The van der Waals surface area contributed by atoms with E-state index < -0.39 is 16.9 Å². The van der Waals surface area contributed by atoms with E-state index in [1.165, 1.54) is 11.1 Å². The summed E-state index contributed by atoms with van der Waals surface area (Å²) in [6, 6.07) is 11.0. The number of fused-ring (bicyclic) bond motifs is 1. The number of methoxy groups -OCH3 is 1. The predicted molar refractivity (Wildman–Crippen MR) is 173 cm³/mol. The first kappa shape index (κ1) is 33.4. The van der Waals surface area contributed by atoms with E-state index in [0.717, 1.165) is 49.5 Å². The van der Waals surface area contributed by atoms with E-state index in [-0.39, 0.29) is 29.0 Å². The van der Waals surface area contributed by atoms with Crippen molar-refractivity contribution < 1.29 is 22.9 Å². The number of rotatable bonds is 14. The summed E-state index contributed by atoms with van der Waals surface area (Å²) in [5.41, 5.74) is 3.73. The second-order valence-corrected chi connectivity index (χ2v) is 13.9. The molecule has 1 aliphatic carbocycles. The molecule has 1 amide bonds. The highest BCUT2D eigenvalue weighted by Gasteiger charge is 2.28. The third-order valence-corrected chi connectivity index (χ3v) is 10.4. The fourth-order valence-electron chi connectivity index (χ4n) is 5.63. The number of nitrogens with zero attached hydrogens (tertiary/aromatic N) is 2. The van der Waals surface area contributed by atoms with Crippen molar-refractivity contribution >= 4 is 34.2 Å². The summed E-state index contributed by atoms with van der Waals surface area (Å²) in [6.07, 6.45) is 6.22. The van der Waals surface area contributed by atoms with Gasteiger partial charge < -0.3 is 14.4 Å². The fraction of sp³-hybridized carbons (Fsp3) is 0.545. The van der Waals surface area contributed by atoms with Crippen molar-refractivity contribution in [2.75, 3.05) is 52.4 Å². The summed E-state index contributed by atoms with van der Waals surface area (Å²) in [5.74, 6) is 0.204. The van der Waals surface area contributed by atoms with Gasteiger partial charge in [0.15, 0.2) is 0 Å². The molecule has 0 aromatic heterocycles. The Balaban J connectivity index is 1.35. The molecular formula is C33H45ClFN3O4S. The van der Waals surface area contributed by atoms with E-state index in [0.29, 0.717) is 30.9 Å². The van der Waals surface area contributed by atoms with E-state index in [9.17, 15) is 13.4 Å². The molecule has 0 saturated carbocycles. The maximum atomic E-state index is 14.9. The summed E-state index contributed by atoms with van der Waals surface area (Å²) < 4.78 is 42.2. The number of benzene rings is 2. The van der Waals surface area contributed by atoms with Crippen molar-refractivity contribution in [3.63, 3.8) is 0 Å². The van der Waals surface area contributed by atoms with Gasteiger partial charge in [0, 0.05) is 50.8 Å². The Morgan fingerprint density at radius 1 is 1.21 bits per heavy atom. The molecule has 2 aromatic rings. The summed E-state index contributed by atoms with van der Waals surface area (Å²) in [7, 11) is 3.73. The van der Waals surface area contributed by atoms with Gasteiger partial charge in [-0.3, -0.25) is 14.4 Å². The molecule has 1 N–H and O–H groups in total. The summed E-state index contributed by atoms with van der Waals surface area (Å²) in [4.78, 5) is 17.1. The normalized spacial score (nSPS) is 19.9. The highest BCUT2D eigenvalue weighted by atomic mass is 35.5. The van der Waals surface area contributed by atoms with E-state index in [1.54, 1.807) is 31.4 Å². The lowest BCUT2D eigenvalue weighted by Crippen LogP contribution is -2.47. The number of allylic oxidation sites excluding steroid dienone is 1. The average Bonchev–Trinajstić information content (AvgIpc) is 2.96. The fourth-order valence-corrected chi connectivity index (χ4v) is 6.84. The summed E-state index contributed by atoms with van der Waals surface area (Å²) in [5, 5.41) is 0.385. The van der Waals surface area contributed by atoms with Crippen molar-refractivity contribution in [1.82, 2.24) is 9.62 Å². The minimum atomic E-state index is -1.65. The first-order valence-electron chi connectivity index (χ1n) is 15.1. The Kier molecular flexibility index (Phi) is 12.1. The molecule has 1 heterocycles. The van der Waals surface area contributed by atoms with Crippen LogP contribution in [0.4, 0.5) is 10.1 Å². The lowest BCUT2D eigenvalue weighted by molar-refractivity contribution is 0.0580. The molecule has 43 heavy (non-hydrogen) atoms. The zero-order chi connectivity index (χ0) is 31.1. The molecule has 2 aromatic carbocycles. The van der Waals surface area contributed by atoms with E-state index in [4.69, 9.17) is 21.1 Å². The van der Waals surface area contributed by atoms with Crippen LogP contribution in [0.2, 0.25) is 5.02 Å². The minimum absolute atomic E-state index is 0.111. The Morgan fingerprint density at radius 2 is 1.98 bits per heavy atom. The van der Waals surface area contributed by atoms with Crippen LogP contribution in [0.15, 0.2) is 48.3 Å². The first-order chi connectivity index (χ1) is 20.6. The van der Waals surface area contributed by atoms with Crippen LogP contribution in [-0.4, -0.2) is 73.8 Å². The molecule has 1 aliphatic heterocycles. The number of hydrogen-bond acceptors (Lipinski definition) is 6. The number of hydrogen-bond donors (Lipinski definition) is 1. The van der Waals surface area contributed by atoms with Crippen molar-refractivity contribution in [3.05, 3.63) is 70.0 Å². The molecule has 1 saturated heterocycles. The van der Waals surface area contributed by atoms with Crippen LogP contribution in [0.5, 0.6) is 5.75 Å². The minimum Gasteiger partial charge on any atom is -0.491 e. The van der Waals surface area contributed by atoms with Gasteiger partial charge in [0.1, 0.15) is 22.6 Å². The number of likely N-dealkylation sites (tertiary alicyclic amines) is 1. The molecule has 2 aliphatic rings. The highest BCUT2D eigenvalue weighted by molar-refractivity contribution is 7.84. The Hall–Kier alpha value is -2.46. The zero-order valence-electron chi connectivity index (χ0n) is 25.9. The van der Waals surface area contributed by atoms with E-state index in [2.05, 4.69) is 21.8 Å². The number of halogens is 2. The highest BCUT2D eigenvalue weighted by Crippen LogP contribution is 2.35. The molecule has 0 spiro atoms. The molecule has 0 radical (unpaired) electrons. The van der Waals surface area contributed by atoms with Gasteiger partial charge in [-0.2, -0.15) is 0 Å². The van der Waals surface area contributed by atoms with Gasteiger partial charge in [0.05, 0.1) is 30.2 Å². The maximum absolute atomic E-state index is 14.9. The molecule has 1 fully saturated rings. The second kappa shape index (κ2) is 15.5.